The number of rotatable bonds is 1. The second-order valence-electron chi connectivity index (χ2n) is 2.12. The van der Waals surface area contributed by atoms with Crippen LogP contribution in [0.3, 0.4) is 0 Å². The molecule has 0 bridgehead atoms. The van der Waals surface area contributed by atoms with Crippen LogP contribution in [0.2, 0.25) is 0 Å². The first-order chi connectivity index (χ1) is 5.11. The molecule has 0 aromatic rings. The smallest absolute Gasteiger partial charge is 0.259 e. The molecule has 0 saturated heterocycles. The van der Waals surface area contributed by atoms with Crippen molar-refractivity contribution < 1.29 is 13.7 Å². The topological polar surface area (TPSA) is 43.1 Å². The van der Waals surface area contributed by atoms with E-state index in [2.05, 4.69) is 0 Å². The van der Waals surface area contributed by atoms with E-state index in [1.54, 1.807) is 0 Å². The number of allylic oxidation sites excluding steroid dienone is 4. The van der Waals surface area contributed by atoms with Crippen molar-refractivity contribution in [2.24, 2.45) is 0 Å². The van der Waals surface area contributed by atoms with Gasteiger partial charge in [0.05, 0.1) is 4.92 Å². The van der Waals surface area contributed by atoms with Gasteiger partial charge in [0.1, 0.15) is 5.83 Å². The fourth-order valence-corrected chi connectivity index (χ4v) is 0.795. The molecule has 0 spiro atoms. The van der Waals surface area contributed by atoms with Crippen LogP contribution in [0.5, 0.6) is 0 Å². The molecular formula is C6H5F2NO2. The third kappa shape index (κ3) is 1.60. The third-order valence-corrected chi connectivity index (χ3v) is 1.34. The molecule has 0 N–H and O–H groups in total. The maximum Gasteiger partial charge on any atom is 0.283 e. The molecule has 1 unspecified atom stereocenters. The van der Waals surface area contributed by atoms with E-state index in [0.717, 1.165) is 6.08 Å². The highest BCUT2D eigenvalue weighted by atomic mass is 19.1. The van der Waals surface area contributed by atoms with Gasteiger partial charge in [-0.2, -0.15) is 0 Å². The van der Waals surface area contributed by atoms with Gasteiger partial charge in [0.25, 0.3) is 5.70 Å². The minimum atomic E-state index is -1.68. The zero-order valence-corrected chi connectivity index (χ0v) is 5.46. The van der Waals surface area contributed by atoms with Crippen LogP contribution in [0.15, 0.2) is 23.7 Å². The first-order valence-electron chi connectivity index (χ1n) is 2.97. The number of nitrogens with zero attached hydrogens (tertiary/aromatic N) is 1. The van der Waals surface area contributed by atoms with Crippen LogP contribution in [0.1, 0.15) is 6.42 Å². The van der Waals surface area contributed by atoms with Gasteiger partial charge in [0.2, 0.25) is 0 Å². The Morgan fingerprint density at radius 2 is 2.36 bits per heavy atom. The lowest BCUT2D eigenvalue weighted by Gasteiger charge is -2.05. The van der Waals surface area contributed by atoms with Crippen LogP contribution in [-0.2, 0) is 0 Å². The maximum atomic E-state index is 12.6. The Labute approximate surface area is 61.2 Å². The highest BCUT2D eigenvalue weighted by Crippen LogP contribution is 2.21. The van der Waals surface area contributed by atoms with E-state index < -0.39 is 22.6 Å². The Bertz CT molecular complexity index is 247. The fourth-order valence-electron chi connectivity index (χ4n) is 0.795. The number of halogens is 2. The minimum Gasteiger partial charge on any atom is -0.259 e. The highest BCUT2D eigenvalue weighted by Gasteiger charge is 2.26. The van der Waals surface area contributed by atoms with Crippen molar-refractivity contribution in [1.82, 2.24) is 0 Å². The molecule has 60 valence electrons. The summed E-state index contributed by atoms with van der Waals surface area (Å²) in [6, 6.07) is 0. The molecule has 1 atom stereocenters. The summed E-state index contributed by atoms with van der Waals surface area (Å²) < 4.78 is 24.8. The van der Waals surface area contributed by atoms with Gasteiger partial charge < -0.3 is 0 Å². The van der Waals surface area contributed by atoms with E-state index in [9.17, 15) is 18.9 Å². The molecule has 0 aliphatic heterocycles. The number of hydrogen-bond acceptors (Lipinski definition) is 2. The van der Waals surface area contributed by atoms with Crippen LogP contribution in [0.4, 0.5) is 8.78 Å². The normalized spacial score (nSPS) is 24.0. The average Bonchev–Trinajstić information content (AvgIpc) is 1.94. The van der Waals surface area contributed by atoms with Crippen molar-refractivity contribution in [2.75, 3.05) is 0 Å². The second-order valence-corrected chi connectivity index (χ2v) is 2.12. The van der Waals surface area contributed by atoms with Crippen LogP contribution in [0.25, 0.3) is 0 Å². The van der Waals surface area contributed by atoms with Gasteiger partial charge >= 0.3 is 0 Å². The summed E-state index contributed by atoms with van der Waals surface area (Å²) in [6.07, 6.45) is -0.339. The van der Waals surface area contributed by atoms with Crippen molar-refractivity contribution in [2.45, 2.75) is 12.6 Å². The molecule has 0 radical (unpaired) electrons. The molecule has 1 aliphatic rings. The first-order valence-corrected chi connectivity index (χ1v) is 2.97. The summed E-state index contributed by atoms with van der Waals surface area (Å²) in [4.78, 5) is 9.11. The van der Waals surface area contributed by atoms with E-state index in [1.807, 2.05) is 0 Å². The van der Waals surface area contributed by atoms with Gasteiger partial charge in [-0.05, 0) is 6.08 Å². The molecule has 1 rings (SSSR count). The largest absolute Gasteiger partial charge is 0.283 e. The quantitative estimate of drug-likeness (QED) is 0.434. The van der Waals surface area contributed by atoms with E-state index in [0.29, 0.717) is 6.08 Å². The van der Waals surface area contributed by atoms with E-state index in [4.69, 9.17) is 0 Å². The van der Waals surface area contributed by atoms with Crippen LogP contribution >= 0.6 is 0 Å². The molecule has 5 heteroatoms. The van der Waals surface area contributed by atoms with Crippen molar-refractivity contribution in [1.29, 1.82) is 0 Å². The SMILES string of the molecule is O=[N+]([O-])C1=CC(F)=CCC1F. The molecule has 0 aromatic carbocycles. The number of nitro groups is 1. The molecule has 0 heterocycles. The summed E-state index contributed by atoms with van der Waals surface area (Å²) in [6.45, 7) is 0. The molecule has 0 fully saturated rings. The van der Waals surface area contributed by atoms with Crippen molar-refractivity contribution in [3.05, 3.63) is 33.8 Å². The Morgan fingerprint density at radius 1 is 1.73 bits per heavy atom. The molecule has 0 aromatic heterocycles. The standard InChI is InChI=1S/C6H5F2NO2/c7-4-1-2-5(8)6(3-4)9(10)11/h1,3,5H,2H2. The molecular weight excluding hydrogens is 156 g/mol. The van der Waals surface area contributed by atoms with Crippen LogP contribution in [-0.4, -0.2) is 11.1 Å². The van der Waals surface area contributed by atoms with E-state index in [1.165, 1.54) is 0 Å². The lowest BCUT2D eigenvalue weighted by atomic mass is 10.1. The van der Waals surface area contributed by atoms with Gasteiger partial charge in [0.15, 0.2) is 6.17 Å². The molecule has 0 saturated carbocycles. The fraction of sp³-hybridized carbons (Fsp3) is 0.333. The Balaban J connectivity index is 2.90. The van der Waals surface area contributed by atoms with Crippen LogP contribution < -0.4 is 0 Å². The second kappa shape index (κ2) is 2.77. The zero-order chi connectivity index (χ0) is 8.43. The summed E-state index contributed by atoms with van der Waals surface area (Å²) >= 11 is 0. The van der Waals surface area contributed by atoms with Gasteiger partial charge in [-0.3, -0.25) is 10.1 Å². The van der Waals surface area contributed by atoms with Gasteiger partial charge in [-0.25, -0.2) is 8.78 Å². The van der Waals surface area contributed by atoms with Crippen molar-refractivity contribution in [3.63, 3.8) is 0 Å². The molecule has 11 heavy (non-hydrogen) atoms. The monoisotopic (exact) mass is 161 g/mol. The van der Waals surface area contributed by atoms with Crippen molar-refractivity contribution >= 4 is 0 Å². The van der Waals surface area contributed by atoms with Gasteiger partial charge in [-0.1, -0.05) is 0 Å². The average molecular weight is 161 g/mol. The highest BCUT2D eigenvalue weighted by molar-refractivity contribution is 5.22. The van der Waals surface area contributed by atoms with Gasteiger partial charge in [0, 0.05) is 12.5 Å². The minimum absolute atomic E-state index is 0.251. The summed E-state index contributed by atoms with van der Waals surface area (Å²) in [5.74, 6) is -0.745. The summed E-state index contributed by atoms with van der Waals surface area (Å²) in [7, 11) is 0. The zero-order valence-electron chi connectivity index (χ0n) is 5.46. The Kier molecular flexibility index (Phi) is 1.98. The predicted octanol–water partition coefficient (Wildman–Crippen LogP) is 1.74. The number of hydrogen-bond donors (Lipinski definition) is 0. The first kappa shape index (κ1) is 7.84. The Hall–Kier alpha value is -1.26. The predicted molar refractivity (Wildman–Crippen MR) is 33.8 cm³/mol. The lowest BCUT2D eigenvalue weighted by molar-refractivity contribution is -0.433. The summed E-state index contributed by atoms with van der Waals surface area (Å²) in [5.41, 5.74) is -0.704. The Morgan fingerprint density at radius 3 is 2.82 bits per heavy atom. The van der Waals surface area contributed by atoms with Crippen LogP contribution in [0, 0.1) is 10.1 Å². The lowest BCUT2D eigenvalue weighted by Crippen LogP contribution is -2.14. The van der Waals surface area contributed by atoms with Gasteiger partial charge in [-0.15, -0.1) is 0 Å². The third-order valence-electron chi connectivity index (χ3n) is 1.34. The molecule has 3 nitrogen and oxygen atoms in total. The van der Waals surface area contributed by atoms with Crippen molar-refractivity contribution in [3.8, 4) is 0 Å². The number of alkyl halides is 1. The maximum absolute atomic E-state index is 12.6. The van der Waals surface area contributed by atoms with E-state index in [-0.39, 0.29) is 6.42 Å². The van der Waals surface area contributed by atoms with E-state index >= 15 is 0 Å². The molecule has 0 amide bonds. The molecule has 1 aliphatic carbocycles. The summed E-state index contributed by atoms with van der Waals surface area (Å²) in [5, 5.41) is 10.0.